The van der Waals surface area contributed by atoms with E-state index in [-0.39, 0.29) is 11.8 Å². The van der Waals surface area contributed by atoms with Crippen molar-refractivity contribution in [2.45, 2.75) is 32.8 Å². The second-order valence-corrected chi connectivity index (χ2v) is 4.92. The molecule has 0 aromatic heterocycles. The SMILES string of the molecule is CC(O)c1cccc(NC(=O)C(C)C2CC2)c1. The Hall–Kier alpha value is -1.35. The molecule has 2 N–H and O–H groups in total. The van der Waals surface area contributed by atoms with Crippen molar-refractivity contribution in [2.75, 3.05) is 5.32 Å². The Bertz CT molecular complexity index is 410. The number of amides is 1. The molecule has 1 aliphatic carbocycles. The minimum absolute atomic E-state index is 0.0789. The van der Waals surface area contributed by atoms with Gasteiger partial charge in [-0.3, -0.25) is 4.79 Å². The van der Waals surface area contributed by atoms with Gasteiger partial charge in [0.25, 0.3) is 0 Å². The molecule has 2 rings (SSSR count). The van der Waals surface area contributed by atoms with Gasteiger partial charge >= 0.3 is 0 Å². The molecule has 1 amide bonds. The summed E-state index contributed by atoms with van der Waals surface area (Å²) in [6, 6.07) is 7.37. The van der Waals surface area contributed by atoms with Crippen molar-refractivity contribution in [3.8, 4) is 0 Å². The zero-order chi connectivity index (χ0) is 12.4. The Morgan fingerprint density at radius 2 is 2.12 bits per heavy atom. The van der Waals surface area contributed by atoms with Gasteiger partial charge in [-0.2, -0.15) is 0 Å². The summed E-state index contributed by atoms with van der Waals surface area (Å²) < 4.78 is 0. The Labute approximate surface area is 102 Å². The lowest BCUT2D eigenvalue weighted by Crippen LogP contribution is -2.21. The highest BCUT2D eigenvalue weighted by atomic mass is 16.3. The fourth-order valence-electron chi connectivity index (χ4n) is 1.94. The molecule has 0 spiro atoms. The number of hydrogen-bond acceptors (Lipinski definition) is 2. The maximum atomic E-state index is 11.9. The third kappa shape index (κ3) is 3.07. The summed E-state index contributed by atoms with van der Waals surface area (Å²) in [7, 11) is 0. The Kier molecular flexibility index (Phi) is 3.48. The summed E-state index contributed by atoms with van der Waals surface area (Å²) in [6.07, 6.45) is 1.83. The summed E-state index contributed by atoms with van der Waals surface area (Å²) in [4.78, 5) is 11.9. The van der Waals surface area contributed by atoms with E-state index in [1.54, 1.807) is 6.92 Å². The van der Waals surface area contributed by atoms with E-state index in [0.29, 0.717) is 5.92 Å². The molecule has 1 fully saturated rings. The van der Waals surface area contributed by atoms with Gasteiger partial charge in [0.2, 0.25) is 5.91 Å². The standard InChI is InChI=1S/C14H19NO2/c1-9(11-6-7-11)14(17)15-13-5-3-4-12(8-13)10(2)16/h3-5,8-11,16H,6-7H2,1-2H3,(H,15,17). The van der Waals surface area contributed by atoms with Crippen molar-refractivity contribution in [3.05, 3.63) is 29.8 Å². The fourth-order valence-corrected chi connectivity index (χ4v) is 1.94. The Morgan fingerprint density at radius 3 is 2.71 bits per heavy atom. The van der Waals surface area contributed by atoms with Crippen molar-refractivity contribution in [1.29, 1.82) is 0 Å². The number of anilines is 1. The molecule has 3 nitrogen and oxygen atoms in total. The second-order valence-electron chi connectivity index (χ2n) is 4.92. The average molecular weight is 233 g/mol. The summed E-state index contributed by atoms with van der Waals surface area (Å²) >= 11 is 0. The van der Waals surface area contributed by atoms with Gasteiger partial charge in [0.1, 0.15) is 0 Å². The molecule has 0 aliphatic heterocycles. The van der Waals surface area contributed by atoms with Crippen molar-refractivity contribution in [1.82, 2.24) is 0 Å². The maximum Gasteiger partial charge on any atom is 0.227 e. The summed E-state index contributed by atoms with van der Waals surface area (Å²) in [5, 5.41) is 12.4. The number of hydrogen-bond donors (Lipinski definition) is 2. The van der Waals surface area contributed by atoms with Crippen LogP contribution in [0.25, 0.3) is 0 Å². The normalized spacial score (nSPS) is 18.5. The van der Waals surface area contributed by atoms with Gasteiger partial charge in [0, 0.05) is 11.6 Å². The topological polar surface area (TPSA) is 49.3 Å². The molecule has 0 bridgehead atoms. The van der Waals surface area contributed by atoms with Gasteiger partial charge in [-0.15, -0.1) is 0 Å². The van der Waals surface area contributed by atoms with Crippen LogP contribution in [-0.4, -0.2) is 11.0 Å². The molecule has 92 valence electrons. The van der Waals surface area contributed by atoms with E-state index in [4.69, 9.17) is 0 Å². The first-order valence-corrected chi connectivity index (χ1v) is 6.17. The van der Waals surface area contributed by atoms with Gasteiger partial charge < -0.3 is 10.4 Å². The number of nitrogens with one attached hydrogen (secondary N) is 1. The first-order chi connectivity index (χ1) is 8.08. The predicted molar refractivity (Wildman–Crippen MR) is 67.6 cm³/mol. The first-order valence-electron chi connectivity index (χ1n) is 6.17. The van der Waals surface area contributed by atoms with Crippen molar-refractivity contribution in [2.24, 2.45) is 11.8 Å². The van der Waals surface area contributed by atoms with Crippen LogP contribution in [0.3, 0.4) is 0 Å². The van der Waals surface area contributed by atoms with Gasteiger partial charge in [0.05, 0.1) is 6.10 Å². The van der Waals surface area contributed by atoms with Gasteiger partial charge in [0.15, 0.2) is 0 Å². The lowest BCUT2D eigenvalue weighted by Gasteiger charge is -2.12. The molecule has 0 heterocycles. The highest BCUT2D eigenvalue weighted by molar-refractivity contribution is 5.92. The van der Waals surface area contributed by atoms with Crippen LogP contribution in [0, 0.1) is 11.8 Å². The summed E-state index contributed by atoms with van der Waals surface area (Å²) in [5.41, 5.74) is 1.59. The monoisotopic (exact) mass is 233 g/mol. The quantitative estimate of drug-likeness (QED) is 0.840. The van der Waals surface area contributed by atoms with Crippen LogP contribution >= 0.6 is 0 Å². The van der Waals surface area contributed by atoms with Crippen molar-refractivity contribution >= 4 is 11.6 Å². The highest BCUT2D eigenvalue weighted by Crippen LogP contribution is 2.37. The number of carbonyl (C=O) groups excluding carboxylic acids is 1. The Morgan fingerprint density at radius 1 is 1.41 bits per heavy atom. The summed E-state index contributed by atoms with van der Waals surface area (Å²) in [5.74, 6) is 0.732. The molecule has 3 heteroatoms. The Balaban J connectivity index is 2.02. The van der Waals surface area contributed by atoms with Crippen molar-refractivity contribution in [3.63, 3.8) is 0 Å². The maximum absolute atomic E-state index is 11.9. The van der Waals surface area contributed by atoms with Crippen LogP contribution in [0.2, 0.25) is 0 Å². The van der Waals surface area contributed by atoms with Crippen LogP contribution in [-0.2, 0) is 4.79 Å². The number of rotatable bonds is 4. The number of aliphatic hydroxyl groups is 1. The average Bonchev–Trinajstić information content (AvgIpc) is 3.12. The number of aliphatic hydroxyl groups excluding tert-OH is 1. The largest absolute Gasteiger partial charge is 0.389 e. The van der Waals surface area contributed by atoms with Crippen LogP contribution in [0.4, 0.5) is 5.69 Å². The highest BCUT2D eigenvalue weighted by Gasteiger charge is 2.32. The lowest BCUT2D eigenvalue weighted by molar-refractivity contribution is -0.119. The molecule has 1 aliphatic rings. The van der Waals surface area contributed by atoms with Crippen LogP contribution < -0.4 is 5.32 Å². The van der Waals surface area contributed by atoms with E-state index >= 15 is 0 Å². The zero-order valence-corrected chi connectivity index (χ0v) is 10.3. The molecule has 0 saturated heterocycles. The minimum atomic E-state index is -0.507. The third-order valence-corrected chi connectivity index (χ3v) is 3.38. The third-order valence-electron chi connectivity index (χ3n) is 3.38. The van der Waals surface area contributed by atoms with E-state index in [1.807, 2.05) is 31.2 Å². The van der Waals surface area contributed by atoms with Gasteiger partial charge in [-0.1, -0.05) is 19.1 Å². The van der Waals surface area contributed by atoms with Crippen LogP contribution in [0.5, 0.6) is 0 Å². The molecule has 2 atom stereocenters. The van der Waals surface area contributed by atoms with Gasteiger partial charge in [-0.05, 0) is 43.4 Å². The molecule has 1 aromatic carbocycles. The van der Waals surface area contributed by atoms with Crippen molar-refractivity contribution < 1.29 is 9.90 Å². The second kappa shape index (κ2) is 4.88. The molecule has 1 aromatic rings. The van der Waals surface area contributed by atoms with Crippen LogP contribution in [0.1, 0.15) is 38.4 Å². The lowest BCUT2D eigenvalue weighted by atomic mass is 10.1. The van der Waals surface area contributed by atoms with E-state index < -0.39 is 6.10 Å². The van der Waals surface area contributed by atoms with Crippen LogP contribution in [0.15, 0.2) is 24.3 Å². The zero-order valence-electron chi connectivity index (χ0n) is 10.3. The van der Waals surface area contributed by atoms with E-state index in [1.165, 1.54) is 12.8 Å². The molecule has 2 unspecified atom stereocenters. The number of carbonyl (C=O) groups is 1. The number of benzene rings is 1. The smallest absolute Gasteiger partial charge is 0.227 e. The minimum Gasteiger partial charge on any atom is -0.389 e. The van der Waals surface area contributed by atoms with E-state index in [0.717, 1.165) is 11.3 Å². The summed E-state index contributed by atoms with van der Waals surface area (Å²) in [6.45, 7) is 3.69. The molecular weight excluding hydrogens is 214 g/mol. The van der Waals surface area contributed by atoms with E-state index in [2.05, 4.69) is 5.32 Å². The fraction of sp³-hybridized carbons (Fsp3) is 0.500. The molecule has 0 radical (unpaired) electrons. The molecular formula is C14H19NO2. The van der Waals surface area contributed by atoms with Gasteiger partial charge in [-0.25, -0.2) is 0 Å². The first kappa shape index (κ1) is 12.1. The predicted octanol–water partition coefficient (Wildman–Crippen LogP) is 2.72. The van der Waals surface area contributed by atoms with E-state index in [9.17, 15) is 9.90 Å². The molecule has 1 saturated carbocycles. The molecule has 17 heavy (non-hydrogen) atoms.